The first-order valence-electron chi connectivity index (χ1n) is 9.03. The molecule has 31 heavy (non-hydrogen) atoms. The maximum absolute atomic E-state index is 12.3. The lowest BCUT2D eigenvalue weighted by atomic mass is 10.2. The number of carbonyl (C=O) groups is 1. The summed E-state index contributed by atoms with van der Waals surface area (Å²) in [6, 6.07) is 12.3. The molecule has 9 heteroatoms. The molecule has 0 spiro atoms. The summed E-state index contributed by atoms with van der Waals surface area (Å²) in [5.74, 6) is 1.97. The van der Waals surface area contributed by atoms with E-state index in [0.29, 0.717) is 49.3 Å². The number of furan rings is 1. The van der Waals surface area contributed by atoms with Crippen LogP contribution in [0.4, 0.5) is 5.13 Å². The zero-order valence-electron chi connectivity index (χ0n) is 16.4. The molecule has 0 saturated carbocycles. The Balaban J connectivity index is 1.48. The first-order chi connectivity index (χ1) is 15.0. The first kappa shape index (κ1) is 21.2. The van der Waals surface area contributed by atoms with Crippen molar-refractivity contribution in [2.45, 2.75) is 0 Å². The minimum atomic E-state index is -0.340. The monoisotopic (exact) mass is 474 g/mol. The van der Waals surface area contributed by atoms with Crippen LogP contribution >= 0.6 is 34.5 Å². The Kier molecular flexibility index (Phi) is 6.18. The number of hydrogen-bond acceptors (Lipinski definition) is 6. The summed E-state index contributed by atoms with van der Waals surface area (Å²) < 4.78 is 17.2. The van der Waals surface area contributed by atoms with E-state index in [9.17, 15) is 4.79 Å². The van der Waals surface area contributed by atoms with Crippen LogP contribution < -0.4 is 14.8 Å². The molecule has 0 unspecified atom stereocenters. The normalized spacial score (nSPS) is 11.2. The molecular formula is C22H16Cl2N2O4S. The van der Waals surface area contributed by atoms with Gasteiger partial charge in [-0.15, -0.1) is 0 Å². The van der Waals surface area contributed by atoms with E-state index in [1.165, 1.54) is 17.4 Å². The molecule has 0 saturated heterocycles. The Labute approximate surface area is 192 Å². The Bertz CT molecular complexity index is 1300. The van der Waals surface area contributed by atoms with Gasteiger partial charge in [0.05, 0.1) is 23.9 Å². The van der Waals surface area contributed by atoms with Crippen molar-refractivity contribution < 1.29 is 18.7 Å². The van der Waals surface area contributed by atoms with E-state index in [1.54, 1.807) is 56.7 Å². The number of halogens is 2. The van der Waals surface area contributed by atoms with Gasteiger partial charge in [-0.1, -0.05) is 34.5 Å². The van der Waals surface area contributed by atoms with Gasteiger partial charge in [0.25, 0.3) is 0 Å². The van der Waals surface area contributed by atoms with Crippen LogP contribution in [0.3, 0.4) is 0 Å². The van der Waals surface area contributed by atoms with Gasteiger partial charge >= 0.3 is 0 Å². The lowest BCUT2D eigenvalue weighted by molar-refractivity contribution is -0.111. The maximum atomic E-state index is 12.3. The zero-order valence-corrected chi connectivity index (χ0v) is 18.8. The Hall–Kier alpha value is -3.00. The van der Waals surface area contributed by atoms with Crippen molar-refractivity contribution in [3.63, 3.8) is 0 Å². The Morgan fingerprint density at radius 3 is 2.71 bits per heavy atom. The van der Waals surface area contributed by atoms with E-state index >= 15 is 0 Å². The number of hydrogen-bond donors (Lipinski definition) is 1. The molecule has 2 aromatic heterocycles. The number of nitrogens with one attached hydrogen (secondary N) is 1. The zero-order chi connectivity index (χ0) is 22.0. The summed E-state index contributed by atoms with van der Waals surface area (Å²) in [5.41, 5.74) is 1.37. The van der Waals surface area contributed by atoms with Gasteiger partial charge in [0, 0.05) is 22.7 Å². The van der Waals surface area contributed by atoms with Crippen molar-refractivity contribution in [2.75, 3.05) is 19.5 Å². The SMILES string of the molecule is COc1cc(OC)c2nc(NC(=O)C=Cc3ccc(-c4ccc(Cl)cc4Cl)o3)sc2c1. The van der Waals surface area contributed by atoms with Crippen molar-refractivity contribution in [1.29, 1.82) is 0 Å². The summed E-state index contributed by atoms with van der Waals surface area (Å²) in [6.07, 6.45) is 2.94. The van der Waals surface area contributed by atoms with Crippen molar-refractivity contribution >= 4 is 61.9 Å². The lowest BCUT2D eigenvalue weighted by Crippen LogP contribution is -2.07. The van der Waals surface area contributed by atoms with Gasteiger partial charge in [0.1, 0.15) is 28.5 Å². The highest BCUT2D eigenvalue weighted by Crippen LogP contribution is 2.36. The molecular weight excluding hydrogens is 459 g/mol. The highest BCUT2D eigenvalue weighted by Gasteiger charge is 2.13. The van der Waals surface area contributed by atoms with Crippen LogP contribution in [0.15, 0.2) is 53.0 Å². The second kappa shape index (κ2) is 9.01. The predicted octanol–water partition coefficient (Wildman–Crippen LogP) is 6.53. The summed E-state index contributed by atoms with van der Waals surface area (Å²) in [6.45, 7) is 0. The fraction of sp³-hybridized carbons (Fsp3) is 0.0909. The molecule has 0 atom stereocenters. The molecule has 6 nitrogen and oxygen atoms in total. The molecule has 2 heterocycles. The minimum absolute atomic E-state index is 0.340. The molecule has 0 aliphatic carbocycles. The van der Waals surface area contributed by atoms with Gasteiger partial charge in [0.15, 0.2) is 5.13 Å². The fourth-order valence-corrected chi connectivity index (χ4v) is 4.30. The molecule has 0 radical (unpaired) electrons. The van der Waals surface area contributed by atoms with Gasteiger partial charge < -0.3 is 13.9 Å². The van der Waals surface area contributed by atoms with E-state index in [-0.39, 0.29) is 5.91 Å². The van der Waals surface area contributed by atoms with E-state index in [2.05, 4.69) is 10.3 Å². The van der Waals surface area contributed by atoms with Crippen LogP contribution in [-0.4, -0.2) is 25.1 Å². The molecule has 4 aromatic rings. The summed E-state index contributed by atoms with van der Waals surface area (Å²) in [4.78, 5) is 16.8. The third kappa shape index (κ3) is 4.69. The minimum Gasteiger partial charge on any atom is -0.497 e. The van der Waals surface area contributed by atoms with Gasteiger partial charge in [-0.2, -0.15) is 0 Å². The largest absolute Gasteiger partial charge is 0.497 e. The molecule has 4 rings (SSSR count). The van der Waals surface area contributed by atoms with Crippen LogP contribution in [0.1, 0.15) is 5.76 Å². The average Bonchev–Trinajstić information content (AvgIpc) is 3.38. The number of carbonyl (C=O) groups excluding carboxylic acids is 1. The van der Waals surface area contributed by atoms with Gasteiger partial charge in [-0.3, -0.25) is 10.1 Å². The van der Waals surface area contributed by atoms with Gasteiger partial charge in [0.2, 0.25) is 5.91 Å². The predicted molar refractivity (Wildman–Crippen MR) is 125 cm³/mol. The molecule has 158 valence electrons. The average molecular weight is 475 g/mol. The fourth-order valence-electron chi connectivity index (χ4n) is 2.88. The highest BCUT2D eigenvalue weighted by atomic mass is 35.5. The number of ether oxygens (including phenoxy) is 2. The van der Waals surface area contributed by atoms with Gasteiger partial charge in [-0.05, 0) is 42.5 Å². The number of aromatic nitrogens is 1. The highest BCUT2D eigenvalue weighted by molar-refractivity contribution is 7.22. The van der Waals surface area contributed by atoms with Crippen molar-refractivity contribution in [3.05, 3.63) is 64.3 Å². The number of anilines is 1. The van der Waals surface area contributed by atoms with E-state index in [1.807, 2.05) is 6.07 Å². The number of methoxy groups -OCH3 is 2. The number of nitrogens with zero attached hydrogens (tertiary/aromatic N) is 1. The summed E-state index contributed by atoms with van der Waals surface area (Å²) in [7, 11) is 3.14. The van der Waals surface area contributed by atoms with Crippen LogP contribution in [0, 0.1) is 0 Å². The molecule has 0 bridgehead atoms. The molecule has 0 aliphatic rings. The molecule has 1 N–H and O–H groups in total. The summed E-state index contributed by atoms with van der Waals surface area (Å²) >= 11 is 13.5. The van der Waals surface area contributed by atoms with E-state index < -0.39 is 0 Å². The van der Waals surface area contributed by atoms with Crippen molar-refractivity contribution in [1.82, 2.24) is 4.98 Å². The Morgan fingerprint density at radius 1 is 1.13 bits per heavy atom. The summed E-state index contributed by atoms with van der Waals surface area (Å²) in [5, 5.41) is 4.23. The standard InChI is InChI=1S/C22H16Cl2N2O4S/c1-28-14-10-18(29-2)21-19(11-14)31-22(26-21)25-20(27)8-5-13-4-7-17(30-13)15-6-3-12(23)9-16(15)24/h3-11H,1-2H3,(H,25,26,27). The van der Waals surface area contributed by atoms with E-state index in [0.717, 1.165) is 4.70 Å². The van der Waals surface area contributed by atoms with Crippen LogP contribution in [0.25, 0.3) is 27.6 Å². The third-order valence-corrected chi connectivity index (χ3v) is 5.81. The quantitative estimate of drug-likeness (QED) is 0.321. The number of amides is 1. The molecule has 0 aliphatic heterocycles. The number of thiazole rings is 1. The maximum Gasteiger partial charge on any atom is 0.250 e. The molecule has 0 fully saturated rings. The van der Waals surface area contributed by atoms with Crippen LogP contribution in [0.5, 0.6) is 11.5 Å². The van der Waals surface area contributed by atoms with Crippen LogP contribution in [-0.2, 0) is 4.79 Å². The van der Waals surface area contributed by atoms with Crippen molar-refractivity contribution in [3.8, 4) is 22.8 Å². The number of fused-ring (bicyclic) bond motifs is 1. The second-order valence-electron chi connectivity index (χ2n) is 6.34. The molecule has 2 aromatic carbocycles. The molecule has 1 amide bonds. The topological polar surface area (TPSA) is 73.6 Å². The first-order valence-corrected chi connectivity index (χ1v) is 10.6. The van der Waals surface area contributed by atoms with Crippen molar-refractivity contribution in [2.24, 2.45) is 0 Å². The number of rotatable bonds is 6. The van der Waals surface area contributed by atoms with Crippen LogP contribution in [0.2, 0.25) is 10.0 Å². The van der Waals surface area contributed by atoms with Gasteiger partial charge in [-0.25, -0.2) is 4.98 Å². The second-order valence-corrected chi connectivity index (χ2v) is 8.22. The Morgan fingerprint density at radius 2 is 1.97 bits per heavy atom. The third-order valence-electron chi connectivity index (χ3n) is 4.34. The van der Waals surface area contributed by atoms with E-state index in [4.69, 9.17) is 37.1 Å². The lowest BCUT2D eigenvalue weighted by Gasteiger charge is -2.03. The number of benzene rings is 2. The smallest absolute Gasteiger partial charge is 0.250 e.